The molecule has 36 heavy (non-hydrogen) atoms. The SMILES string of the molecule is COc1ccc(Cl)cc1-c1nc(S/C(=C\c2ccc(OCc3ccc(C#N)cc3)cc2)C(=O)O)n[nH]1. The predicted octanol–water partition coefficient (Wildman–Crippen LogP) is 5.80. The number of carboxylic acid groups (broad SMARTS) is 1. The Morgan fingerprint density at radius 3 is 2.58 bits per heavy atom. The van der Waals surface area contributed by atoms with Gasteiger partial charge in [0.05, 0.1) is 24.3 Å². The molecule has 0 aliphatic heterocycles. The highest BCUT2D eigenvalue weighted by molar-refractivity contribution is 8.04. The number of methoxy groups -OCH3 is 1. The van der Waals surface area contributed by atoms with E-state index in [9.17, 15) is 9.90 Å². The fraction of sp³-hybridized carbons (Fsp3) is 0.0769. The van der Waals surface area contributed by atoms with Crippen molar-refractivity contribution in [2.24, 2.45) is 0 Å². The Morgan fingerprint density at radius 2 is 1.92 bits per heavy atom. The molecule has 1 heterocycles. The Hall–Kier alpha value is -4.26. The first kappa shape index (κ1) is 24.9. The van der Waals surface area contributed by atoms with Crippen molar-refractivity contribution in [1.82, 2.24) is 15.2 Å². The Balaban J connectivity index is 1.45. The molecule has 0 saturated heterocycles. The second kappa shape index (κ2) is 11.4. The van der Waals surface area contributed by atoms with Crippen molar-refractivity contribution in [2.45, 2.75) is 11.8 Å². The van der Waals surface area contributed by atoms with Crippen molar-refractivity contribution < 1.29 is 19.4 Å². The summed E-state index contributed by atoms with van der Waals surface area (Å²) in [7, 11) is 1.54. The number of hydrogen-bond donors (Lipinski definition) is 2. The van der Waals surface area contributed by atoms with E-state index >= 15 is 0 Å². The number of aliphatic carboxylic acids is 1. The zero-order chi connectivity index (χ0) is 25.5. The molecule has 0 spiro atoms. The molecule has 0 fully saturated rings. The summed E-state index contributed by atoms with van der Waals surface area (Å²) in [5.74, 6) is 0.496. The largest absolute Gasteiger partial charge is 0.496 e. The van der Waals surface area contributed by atoms with Gasteiger partial charge in [0.25, 0.3) is 0 Å². The van der Waals surface area contributed by atoms with Crippen molar-refractivity contribution in [2.75, 3.05) is 7.11 Å². The number of nitrogens with zero attached hydrogens (tertiary/aromatic N) is 3. The number of rotatable bonds is 9. The van der Waals surface area contributed by atoms with Gasteiger partial charge in [-0.15, -0.1) is 5.10 Å². The van der Waals surface area contributed by atoms with E-state index in [4.69, 9.17) is 26.3 Å². The van der Waals surface area contributed by atoms with Crippen molar-refractivity contribution in [3.05, 3.63) is 93.3 Å². The lowest BCUT2D eigenvalue weighted by molar-refractivity contribution is -0.131. The van der Waals surface area contributed by atoms with Crippen molar-refractivity contribution in [3.63, 3.8) is 0 Å². The van der Waals surface area contributed by atoms with E-state index in [-0.39, 0.29) is 10.1 Å². The summed E-state index contributed by atoms with van der Waals surface area (Å²) >= 11 is 7.01. The van der Waals surface area contributed by atoms with Crippen LogP contribution in [0.15, 0.2) is 76.8 Å². The van der Waals surface area contributed by atoms with Crippen LogP contribution in [0.2, 0.25) is 5.02 Å². The average molecular weight is 519 g/mol. The Kier molecular flexibility index (Phi) is 7.90. The van der Waals surface area contributed by atoms with Gasteiger partial charge in [-0.3, -0.25) is 5.10 Å². The van der Waals surface area contributed by atoms with E-state index in [1.807, 2.05) is 12.1 Å². The number of H-pyrrole nitrogens is 1. The highest BCUT2D eigenvalue weighted by atomic mass is 35.5. The number of carbonyl (C=O) groups is 1. The van der Waals surface area contributed by atoms with Gasteiger partial charge < -0.3 is 14.6 Å². The second-order valence-corrected chi connectivity index (χ2v) is 8.84. The summed E-state index contributed by atoms with van der Waals surface area (Å²) in [5.41, 5.74) is 2.82. The molecule has 0 saturated carbocycles. The van der Waals surface area contributed by atoms with E-state index in [0.29, 0.717) is 45.6 Å². The van der Waals surface area contributed by atoms with Gasteiger partial charge in [0.15, 0.2) is 5.82 Å². The third-order valence-corrected chi connectivity index (χ3v) is 6.07. The lowest BCUT2D eigenvalue weighted by atomic mass is 10.1. The molecule has 180 valence electrons. The van der Waals surface area contributed by atoms with Crippen LogP contribution in [0.5, 0.6) is 11.5 Å². The van der Waals surface area contributed by atoms with Gasteiger partial charge in [-0.05, 0) is 71.4 Å². The molecule has 0 aliphatic rings. The standard InChI is InChI=1S/C26H19ClN4O4S/c1-34-22-11-8-19(27)13-21(22)24-29-26(31-30-24)36-23(25(32)33)12-16-6-9-20(10-7-16)35-15-18-4-2-17(14-28)3-5-18/h2-13H,15H2,1H3,(H,32,33)(H,29,30,31)/b23-12-. The number of aromatic amines is 1. The fourth-order valence-corrected chi connectivity index (χ4v) is 4.04. The summed E-state index contributed by atoms with van der Waals surface area (Å²) in [6.07, 6.45) is 1.54. The van der Waals surface area contributed by atoms with Gasteiger partial charge >= 0.3 is 5.97 Å². The average Bonchev–Trinajstić information content (AvgIpc) is 3.36. The van der Waals surface area contributed by atoms with E-state index in [2.05, 4.69) is 21.3 Å². The topological polar surface area (TPSA) is 121 Å². The molecular weight excluding hydrogens is 500 g/mol. The lowest BCUT2D eigenvalue weighted by Gasteiger charge is -2.07. The number of halogens is 1. The summed E-state index contributed by atoms with van der Waals surface area (Å²) in [6.45, 7) is 0.349. The number of hydrogen-bond acceptors (Lipinski definition) is 7. The predicted molar refractivity (Wildman–Crippen MR) is 137 cm³/mol. The number of ether oxygens (including phenoxy) is 2. The van der Waals surface area contributed by atoms with Gasteiger partial charge in [0.2, 0.25) is 5.16 Å². The highest BCUT2D eigenvalue weighted by Crippen LogP contribution is 2.33. The maximum absolute atomic E-state index is 11.9. The van der Waals surface area contributed by atoms with Gasteiger partial charge in [-0.25, -0.2) is 9.78 Å². The Bertz CT molecular complexity index is 1440. The van der Waals surface area contributed by atoms with E-state index < -0.39 is 5.97 Å². The summed E-state index contributed by atoms with van der Waals surface area (Å²) in [6, 6.07) is 21.4. The summed E-state index contributed by atoms with van der Waals surface area (Å²) < 4.78 is 11.1. The van der Waals surface area contributed by atoms with Crippen LogP contribution in [0.3, 0.4) is 0 Å². The van der Waals surface area contributed by atoms with Crippen LogP contribution >= 0.6 is 23.4 Å². The molecule has 10 heteroatoms. The number of carboxylic acids is 1. The summed E-state index contributed by atoms with van der Waals surface area (Å²) in [5, 5.41) is 26.3. The molecule has 0 aliphatic carbocycles. The maximum Gasteiger partial charge on any atom is 0.342 e. The molecule has 3 aromatic carbocycles. The lowest BCUT2D eigenvalue weighted by Crippen LogP contribution is -1.98. The first-order valence-corrected chi connectivity index (χ1v) is 11.8. The first-order chi connectivity index (χ1) is 17.4. The smallest absolute Gasteiger partial charge is 0.342 e. The highest BCUT2D eigenvalue weighted by Gasteiger charge is 2.16. The molecule has 2 N–H and O–H groups in total. The molecule has 0 unspecified atom stereocenters. The number of benzene rings is 3. The minimum atomic E-state index is -1.10. The molecule has 0 radical (unpaired) electrons. The molecule has 0 amide bonds. The second-order valence-electron chi connectivity index (χ2n) is 7.39. The van der Waals surface area contributed by atoms with Crippen LogP contribution < -0.4 is 9.47 Å². The van der Waals surface area contributed by atoms with Crippen molar-refractivity contribution >= 4 is 35.4 Å². The molecule has 0 bridgehead atoms. The fourth-order valence-electron chi connectivity index (χ4n) is 3.16. The normalized spacial score (nSPS) is 11.1. The Morgan fingerprint density at radius 1 is 1.17 bits per heavy atom. The van der Waals surface area contributed by atoms with E-state index in [0.717, 1.165) is 17.3 Å². The minimum Gasteiger partial charge on any atom is -0.496 e. The molecule has 8 nitrogen and oxygen atoms in total. The van der Waals surface area contributed by atoms with Crippen LogP contribution in [-0.2, 0) is 11.4 Å². The molecule has 1 aromatic heterocycles. The van der Waals surface area contributed by atoms with Crippen LogP contribution in [-0.4, -0.2) is 33.4 Å². The molecule has 4 rings (SSSR count). The van der Waals surface area contributed by atoms with Crippen LogP contribution in [0.25, 0.3) is 17.5 Å². The number of nitrogens with one attached hydrogen (secondary N) is 1. The monoisotopic (exact) mass is 518 g/mol. The van der Waals surface area contributed by atoms with E-state index in [1.165, 1.54) is 13.2 Å². The van der Waals surface area contributed by atoms with E-state index in [1.54, 1.807) is 54.6 Å². The zero-order valence-corrected chi connectivity index (χ0v) is 20.5. The third-order valence-electron chi connectivity index (χ3n) is 4.96. The van der Waals surface area contributed by atoms with Gasteiger partial charge in [0, 0.05) is 5.02 Å². The maximum atomic E-state index is 11.9. The van der Waals surface area contributed by atoms with Crippen LogP contribution in [0.1, 0.15) is 16.7 Å². The van der Waals surface area contributed by atoms with Gasteiger partial charge in [-0.2, -0.15) is 5.26 Å². The van der Waals surface area contributed by atoms with Crippen molar-refractivity contribution in [3.8, 4) is 29.0 Å². The minimum absolute atomic E-state index is 0.0462. The quantitative estimate of drug-likeness (QED) is 0.210. The summed E-state index contributed by atoms with van der Waals surface area (Å²) in [4.78, 5) is 16.3. The third kappa shape index (κ3) is 6.24. The number of thioether (sulfide) groups is 1. The van der Waals surface area contributed by atoms with Crippen LogP contribution in [0, 0.1) is 11.3 Å². The number of aromatic nitrogens is 3. The molecule has 0 atom stereocenters. The zero-order valence-electron chi connectivity index (χ0n) is 18.9. The van der Waals surface area contributed by atoms with Gasteiger partial charge in [0.1, 0.15) is 23.0 Å². The number of nitriles is 1. The first-order valence-electron chi connectivity index (χ1n) is 10.6. The van der Waals surface area contributed by atoms with Crippen LogP contribution in [0.4, 0.5) is 0 Å². The molecular formula is C26H19ClN4O4S. The van der Waals surface area contributed by atoms with Gasteiger partial charge in [-0.1, -0.05) is 35.9 Å². The molecule has 4 aromatic rings. The van der Waals surface area contributed by atoms with Crippen molar-refractivity contribution in [1.29, 1.82) is 5.26 Å². The Labute approximate surface area is 216 Å².